The Morgan fingerprint density at radius 2 is 2.28 bits per heavy atom. The van der Waals surface area contributed by atoms with Crippen LogP contribution < -0.4 is 5.32 Å². The van der Waals surface area contributed by atoms with E-state index >= 15 is 0 Å². The molecule has 1 N–H and O–H groups in total. The first-order valence-electron chi connectivity index (χ1n) is 5.53. The van der Waals surface area contributed by atoms with Gasteiger partial charge in [0.25, 0.3) is 5.69 Å². The number of hydrogen-bond donors (Lipinski definition) is 1. The third kappa shape index (κ3) is 2.32. The van der Waals surface area contributed by atoms with Crippen molar-refractivity contribution in [3.63, 3.8) is 0 Å². The lowest BCUT2D eigenvalue weighted by molar-refractivity contribution is -0.385. The molecule has 1 aromatic carbocycles. The lowest BCUT2D eigenvalue weighted by Gasteiger charge is -2.09. The van der Waals surface area contributed by atoms with Gasteiger partial charge in [0.1, 0.15) is 5.82 Å². The minimum Gasteiger partial charge on any atom is -0.377 e. The second-order valence-corrected chi connectivity index (χ2v) is 4.01. The van der Waals surface area contributed by atoms with Crippen molar-refractivity contribution in [3.8, 4) is 0 Å². The molecule has 0 amide bonds. The van der Waals surface area contributed by atoms with Crippen LogP contribution in [0.3, 0.4) is 0 Å². The predicted octanol–water partition coefficient (Wildman–Crippen LogP) is 2.25. The first-order valence-corrected chi connectivity index (χ1v) is 5.53. The maximum Gasteiger partial charge on any atom is 0.274 e. The van der Waals surface area contributed by atoms with Crippen molar-refractivity contribution in [2.75, 3.05) is 5.32 Å². The summed E-state index contributed by atoms with van der Waals surface area (Å²) in [6, 6.07) is 5.00. The Balaban J connectivity index is 2.17. The molecule has 0 unspecified atom stereocenters. The van der Waals surface area contributed by atoms with Gasteiger partial charge >= 0.3 is 0 Å². The molecule has 0 saturated heterocycles. The highest BCUT2D eigenvalue weighted by Gasteiger charge is 2.13. The average Bonchev–Trinajstić information content (AvgIpc) is 2.73. The molecule has 0 radical (unpaired) electrons. The van der Waals surface area contributed by atoms with Gasteiger partial charge in [0.15, 0.2) is 0 Å². The molecule has 0 spiro atoms. The van der Waals surface area contributed by atoms with Gasteiger partial charge in [-0.2, -0.15) is 0 Å². The number of aromatic nitrogens is 2. The predicted molar refractivity (Wildman–Crippen MR) is 68.4 cm³/mol. The van der Waals surface area contributed by atoms with Crippen LogP contribution >= 0.6 is 0 Å². The highest BCUT2D eigenvalue weighted by Crippen LogP contribution is 2.25. The van der Waals surface area contributed by atoms with Crippen molar-refractivity contribution < 1.29 is 4.92 Å². The van der Waals surface area contributed by atoms with Gasteiger partial charge in [-0.3, -0.25) is 10.1 Å². The number of rotatable bonds is 4. The molecular weight excluding hydrogens is 232 g/mol. The highest BCUT2D eigenvalue weighted by atomic mass is 16.6. The molecule has 0 fully saturated rings. The van der Waals surface area contributed by atoms with Gasteiger partial charge in [0, 0.05) is 36.8 Å². The number of anilines is 1. The number of nitro groups is 1. The third-order valence-corrected chi connectivity index (χ3v) is 2.86. The lowest BCUT2D eigenvalue weighted by atomic mass is 10.1. The molecule has 0 atom stereocenters. The molecule has 2 aromatic rings. The lowest BCUT2D eigenvalue weighted by Crippen LogP contribution is -2.07. The third-order valence-electron chi connectivity index (χ3n) is 2.86. The fourth-order valence-corrected chi connectivity index (χ4v) is 1.75. The fourth-order valence-electron chi connectivity index (χ4n) is 1.75. The number of aryl methyl sites for hydroxylation is 1. The summed E-state index contributed by atoms with van der Waals surface area (Å²) in [6.45, 7) is 2.27. The van der Waals surface area contributed by atoms with Crippen LogP contribution in [0.5, 0.6) is 0 Å². The van der Waals surface area contributed by atoms with E-state index in [2.05, 4.69) is 10.3 Å². The van der Waals surface area contributed by atoms with Crippen LogP contribution in [0.1, 0.15) is 11.4 Å². The van der Waals surface area contributed by atoms with Crippen molar-refractivity contribution in [2.24, 2.45) is 7.05 Å². The van der Waals surface area contributed by atoms with E-state index in [1.54, 1.807) is 19.2 Å². The Labute approximate surface area is 104 Å². The first-order chi connectivity index (χ1) is 8.59. The number of benzene rings is 1. The normalized spacial score (nSPS) is 10.3. The molecule has 6 heteroatoms. The van der Waals surface area contributed by atoms with Crippen LogP contribution in [0.15, 0.2) is 30.6 Å². The molecule has 0 aliphatic heterocycles. The minimum atomic E-state index is -0.374. The first kappa shape index (κ1) is 12.1. The largest absolute Gasteiger partial charge is 0.377 e. The molecule has 0 aliphatic carbocycles. The maximum absolute atomic E-state index is 10.8. The van der Waals surface area contributed by atoms with Crippen LogP contribution in [-0.4, -0.2) is 14.5 Å². The molecular formula is C12H14N4O2. The van der Waals surface area contributed by atoms with E-state index < -0.39 is 0 Å². The number of nitro benzene ring substituents is 1. The van der Waals surface area contributed by atoms with Crippen LogP contribution in [0.25, 0.3) is 0 Å². The molecule has 0 saturated carbocycles. The quantitative estimate of drug-likeness (QED) is 0.663. The summed E-state index contributed by atoms with van der Waals surface area (Å²) in [5.41, 5.74) is 1.52. The van der Waals surface area contributed by atoms with Crippen molar-refractivity contribution in [1.82, 2.24) is 9.55 Å². The van der Waals surface area contributed by atoms with Gasteiger partial charge in [-0.1, -0.05) is 6.07 Å². The second-order valence-electron chi connectivity index (χ2n) is 4.01. The van der Waals surface area contributed by atoms with Gasteiger partial charge < -0.3 is 9.88 Å². The van der Waals surface area contributed by atoms with E-state index in [-0.39, 0.29) is 10.6 Å². The van der Waals surface area contributed by atoms with Gasteiger partial charge in [-0.05, 0) is 13.0 Å². The average molecular weight is 246 g/mol. The SMILES string of the molecule is Cc1c(NCc2nccn2C)cccc1[N+](=O)[O-]. The Kier molecular flexibility index (Phi) is 3.27. The smallest absolute Gasteiger partial charge is 0.274 e. The molecule has 2 rings (SSSR count). The molecule has 18 heavy (non-hydrogen) atoms. The van der Waals surface area contributed by atoms with Gasteiger partial charge in [0.05, 0.1) is 11.5 Å². The number of imidazole rings is 1. The number of hydrogen-bond acceptors (Lipinski definition) is 4. The van der Waals surface area contributed by atoms with E-state index in [1.807, 2.05) is 23.9 Å². The van der Waals surface area contributed by atoms with Crippen molar-refractivity contribution >= 4 is 11.4 Å². The number of nitrogens with one attached hydrogen (secondary N) is 1. The fraction of sp³-hybridized carbons (Fsp3) is 0.250. The van der Waals surface area contributed by atoms with Crippen LogP contribution in [-0.2, 0) is 13.6 Å². The summed E-state index contributed by atoms with van der Waals surface area (Å²) < 4.78 is 1.90. The Hall–Kier alpha value is -2.37. The summed E-state index contributed by atoms with van der Waals surface area (Å²) in [5.74, 6) is 0.876. The zero-order chi connectivity index (χ0) is 13.1. The van der Waals surface area contributed by atoms with Crippen molar-refractivity contribution in [2.45, 2.75) is 13.5 Å². The Morgan fingerprint density at radius 1 is 1.50 bits per heavy atom. The zero-order valence-corrected chi connectivity index (χ0v) is 10.3. The van der Waals surface area contributed by atoms with Gasteiger partial charge in [-0.25, -0.2) is 4.98 Å². The van der Waals surface area contributed by atoms with Crippen molar-refractivity contribution in [1.29, 1.82) is 0 Å². The maximum atomic E-state index is 10.8. The van der Waals surface area contributed by atoms with E-state index in [4.69, 9.17) is 0 Å². The summed E-state index contributed by atoms with van der Waals surface area (Å²) in [5, 5.41) is 14.0. The van der Waals surface area contributed by atoms with E-state index in [9.17, 15) is 10.1 Å². The molecule has 0 aliphatic rings. The van der Waals surface area contributed by atoms with E-state index in [1.165, 1.54) is 6.07 Å². The van der Waals surface area contributed by atoms with Crippen LogP contribution in [0.4, 0.5) is 11.4 Å². The minimum absolute atomic E-state index is 0.125. The highest BCUT2D eigenvalue weighted by molar-refractivity contribution is 5.59. The standard InChI is InChI=1S/C12H14N4O2/c1-9-10(4-3-5-11(9)16(17)18)14-8-12-13-6-7-15(12)2/h3-7,14H,8H2,1-2H3. The van der Waals surface area contributed by atoms with E-state index in [0.717, 1.165) is 11.5 Å². The van der Waals surface area contributed by atoms with Gasteiger partial charge in [-0.15, -0.1) is 0 Å². The van der Waals surface area contributed by atoms with Crippen molar-refractivity contribution in [3.05, 3.63) is 52.1 Å². The monoisotopic (exact) mass is 246 g/mol. The van der Waals surface area contributed by atoms with Crippen LogP contribution in [0, 0.1) is 17.0 Å². The molecule has 0 bridgehead atoms. The summed E-state index contributed by atoms with van der Waals surface area (Å²) >= 11 is 0. The zero-order valence-electron chi connectivity index (χ0n) is 10.3. The van der Waals surface area contributed by atoms with E-state index in [0.29, 0.717) is 12.1 Å². The molecule has 94 valence electrons. The molecule has 6 nitrogen and oxygen atoms in total. The molecule has 1 aromatic heterocycles. The summed E-state index contributed by atoms with van der Waals surface area (Å²) in [4.78, 5) is 14.6. The Bertz CT molecular complexity index is 577. The topological polar surface area (TPSA) is 73.0 Å². The van der Waals surface area contributed by atoms with Gasteiger partial charge in [0.2, 0.25) is 0 Å². The summed E-state index contributed by atoms with van der Waals surface area (Å²) in [7, 11) is 1.91. The number of nitrogens with zero attached hydrogens (tertiary/aromatic N) is 3. The second kappa shape index (κ2) is 4.87. The Morgan fingerprint density at radius 3 is 2.89 bits per heavy atom. The molecule has 1 heterocycles. The summed E-state index contributed by atoms with van der Waals surface area (Å²) in [6.07, 6.45) is 3.58. The van der Waals surface area contributed by atoms with Crippen LogP contribution in [0.2, 0.25) is 0 Å².